The number of aryl methyl sites for hydroxylation is 1. The van der Waals surface area contributed by atoms with Crippen LogP contribution < -0.4 is 16.0 Å². The summed E-state index contributed by atoms with van der Waals surface area (Å²) in [5.41, 5.74) is 6.95. The van der Waals surface area contributed by atoms with Crippen LogP contribution in [0.5, 0.6) is 0 Å². The van der Waals surface area contributed by atoms with Gasteiger partial charge in [0.05, 0.1) is 5.56 Å². The van der Waals surface area contributed by atoms with Gasteiger partial charge in [-0.15, -0.1) is 0 Å². The number of anilines is 1. The molecule has 0 bridgehead atoms. The summed E-state index contributed by atoms with van der Waals surface area (Å²) in [6.07, 6.45) is 5.43. The van der Waals surface area contributed by atoms with E-state index >= 15 is 0 Å². The maximum absolute atomic E-state index is 11.7. The number of hydrogen-bond acceptors (Lipinski definition) is 4. The molecule has 1 aromatic heterocycles. The lowest BCUT2D eigenvalue weighted by Gasteiger charge is -2.31. The molecule has 0 aliphatic carbocycles. The summed E-state index contributed by atoms with van der Waals surface area (Å²) in [4.78, 5) is 18.2. The standard InChI is InChI=1S/C15H24N4O/c1-3-19(10-12-6-4-5-8-17-12)15-13(14(16)20)11(2)7-9-18-15/h7,9,12,17H,3-6,8,10H2,1-2H3,(H2,16,20). The van der Waals surface area contributed by atoms with E-state index in [2.05, 4.69) is 22.1 Å². The number of aromatic nitrogens is 1. The fourth-order valence-corrected chi connectivity index (χ4v) is 2.80. The van der Waals surface area contributed by atoms with Crippen molar-refractivity contribution < 1.29 is 4.79 Å². The number of hydrogen-bond donors (Lipinski definition) is 2. The molecule has 0 aromatic carbocycles. The third-order valence-corrected chi connectivity index (χ3v) is 3.92. The molecule has 1 saturated heterocycles. The number of carbonyl (C=O) groups excluding carboxylic acids is 1. The summed E-state index contributed by atoms with van der Waals surface area (Å²) in [6, 6.07) is 2.29. The maximum Gasteiger partial charge on any atom is 0.252 e. The Morgan fingerprint density at radius 2 is 2.35 bits per heavy atom. The highest BCUT2D eigenvalue weighted by atomic mass is 16.1. The zero-order chi connectivity index (χ0) is 14.5. The number of nitrogens with zero attached hydrogens (tertiary/aromatic N) is 2. The first-order chi connectivity index (χ1) is 9.63. The molecule has 0 radical (unpaired) electrons. The smallest absolute Gasteiger partial charge is 0.252 e. The van der Waals surface area contributed by atoms with Gasteiger partial charge in [0.25, 0.3) is 5.91 Å². The third-order valence-electron chi connectivity index (χ3n) is 3.92. The number of pyridine rings is 1. The normalized spacial score (nSPS) is 18.8. The van der Waals surface area contributed by atoms with E-state index in [0.29, 0.717) is 17.4 Å². The molecular formula is C15H24N4O. The highest BCUT2D eigenvalue weighted by molar-refractivity contribution is 5.99. The monoisotopic (exact) mass is 276 g/mol. The fourth-order valence-electron chi connectivity index (χ4n) is 2.80. The largest absolute Gasteiger partial charge is 0.365 e. The Morgan fingerprint density at radius 1 is 1.55 bits per heavy atom. The molecule has 0 saturated carbocycles. The second kappa shape index (κ2) is 6.70. The van der Waals surface area contributed by atoms with Gasteiger partial charge in [0, 0.05) is 25.3 Å². The molecule has 2 heterocycles. The average molecular weight is 276 g/mol. The Balaban J connectivity index is 2.22. The predicted molar refractivity (Wildman–Crippen MR) is 81.0 cm³/mol. The molecule has 1 aliphatic heterocycles. The molecule has 3 N–H and O–H groups in total. The summed E-state index contributed by atoms with van der Waals surface area (Å²) in [5.74, 6) is 0.313. The Bertz CT molecular complexity index is 469. The molecule has 1 fully saturated rings. The summed E-state index contributed by atoms with van der Waals surface area (Å²) in [5, 5.41) is 3.53. The van der Waals surface area contributed by atoms with E-state index in [1.165, 1.54) is 19.3 Å². The summed E-state index contributed by atoms with van der Waals surface area (Å²) >= 11 is 0. The Labute approximate surface area is 120 Å². The van der Waals surface area contributed by atoms with Crippen LogP contribution in [0.4, 0.5) is 5.82 Å². The fraction of sp³-hybridized carbons (Fsp3) is 0.600. The Morgan fingerprint density at radius 3 is 2.95 bits per heavy atom. The van der Waals surface area contributed by atoms with Crippen molar-refractivity contribution in [2.75, 3.05) is 24.5 Å². The van der Waals surface area contributed by atoms with Gasteiger partial charge in [-0.25, -0.2) is 4.98 Å². The van der Waals surface area contributed by atoms with E-state index in [0.717, 1.165) is 25.2 Å². The van der Waals surface area contributed by atoms with Crippen molar-refractivity contribution in [1.82, 2.24) is 10.3 Å². The van der Waals surface area contributed by atoms with Crippen molar-refractivity contribution in [1.29, 1.82) is 0 Å². The predicted octanol–water partition coefficient (Wildman–Crippen LogP) is 1.46. The molecule has 5 nitrogen and oxygen atoms in total. The van der Waals surface area contributed by atoms with Crippen LogP contribution in [0.3, 0.4) is 0 Å². The molecule has 1 unspecified atom stereocenters. The van der Waals surface area contributed by atoms with Crippen molar-refractivity contribution in [2.24, 2.45) is 5.73 Å². The van der Waals surface area contributed by atoms with E-state index in [9.17, 15) is 4.79 Å². The van der Waals surface area contributed by atoms with Crippen molar-refractivity contribution >= 4 is 11.7 Å². The van der Waals surface area contributed by atoms with Crippen molar-refractivity contribution in [3.63, 3.8) is 0 Å². The summed E-state index contributed by atoms with van der Waals surface area (Å²) in [7, 11) is 0. The zero-order valence-corrected chi connectivity index (χ0v) is 12.4. The Hall–Kier alpha value is -1.62. The molecule has 1 amide bonds. The van der Waals surface area contributed by atoms with Crippen LogP contribution in [-0.2, 0) is 0 Å². The molecule has 2 rings (SSSR count). The molecule has 1 aromatic rings. The lowest BCUT2D eigenvalue weighted by Crippen LogP contribution is -2.44. The third kappa shape index (κ3) is 3.28. The minimum atomic E-state index is -0.402. The number of nitrogens with one attached hydrogen (secondary N) is 1. The number of piperidine rings is 1. The van der Waals surface area contributed by atoms with Gasteiger partial charge in [0.2, 0.25) is 0 Å². The number of rotatable bonds is 5. The number of primary amides is 1. The van der Waals surface area contributed by atoms with E-state index in [1.807, 2.05) is 13.0 Å². The number of likely N-dealkylation sites (N-methyl/N-ethyl adjacent to an activating group) is 1. The summed E-state index contributed by atoms with van der Waals surface area (Å²) in [6.45, 7) is 6.74. The van der Waals surface area contributed by atoms with Crippen LogP contribution in [0.25, 0.3) is 0 Å². The van der Waals surface area contributed by atoms with E-state index in [-0.39, 0.29) is 0 Å². The van der Waals surface area contributed by atoms with Gasteiger partial charge >= 0.3 is 0 Å². The van der Waals surface area contributed by atoms with E-state index in [1.54, 1.807) is 6.20 Å². The lowest BCUT2D eigenvalue weighted by atomic mass is 10.0. The molecule has 0 spiro atoms. The van der Waals surface area contributed by atoms with E-state index < -0.39 is 5.91 Å². The van der Waals surface area contributed by atoms with Crippen LogP contribution in [0.15, 0.2) is 12.3 Å². The SMILES string of the molecule is CCN(CC1CCCCN1)c1nccc(C)c1C(N)=O. The molecule has 1 aliphatic rings. The van der Waals surface area contributed by atoms with Crippen molar-refractivity contribution in [3.8, 4) is 0 Å². The van der Waals surface area contributed by atoms with Crippen molar-refractivity contribution in [2.45, 2.75) is 39.2 Å². The van der Waals surface area contributed by atoms with E-state index in [4.69, 9.17) is 5.73 Å². The van der Waals surface area contributed by atoms with Gasteiger partial charge in [-0.2, -0.15) is 0 Å². The molecule has 20 heavy (non-hydrogen) atoms. The average Bonchev–Trinajstić information content (AvgIpc) is 2.45. The highest BCUT2D eigenvalue weighted by Gasteiger charge is 2.21. The molecule has 5 heteroatoms. The van der Waals surface area contributed by atoms with Crippen molar-refractivity contribution in [3.05, 3.63) is 23.4 Å². The minimum Gasteiger partial charge on any atom is -0.365 e. The van der Waals surface area contributed by atoms with Gasteiger partial charge < -0.3 is 16.0 Å². The zero-order valence-electron chi connectivity index (χ0n) is 12.4. The number of carbonyl (C=O) groups is 1. The van der Waals surface area contributed by atoms with Crippen LogP contribution in [-0.4, -0.2) is 36.6 Å². The number of amides is 1. The van der Waals surface area contributed by atoms with Crippen LogP contribution in [0.2, 0.25) is 0 Å². The highest BCUT2D eigenvalue weighted by Crippen LogP contribution is 2.21. The quantitative estimate of drug-likeness (QED) is 0.854. The molecular weight excluding hydrogens is 252 g/mol. The van der Waals surface area contributed by atoms with Gasteiger partial charge in [0.15, 0.2) is 0 Å². The maximum atomic E-state index is 11.7. The number of nitrogens with two attached hydrogens (primary N) is 1. The van der Waals surface area contributed by atoms with Gasteiger partial charge in [-0.3, -0.25) is 4.79 Å². The second-order valence-corrected chi connectivity index (χ2v) is 5.38. The van der Waals surface area contributed by atoms with Gasteiger partial charge in [-0.05, 0) is 44.9 Å². The summed E-state index contributed by atoms with van der Waals surface area (Å²) < 4.78 is 0. The topological polar surface area (TPSA) is 71.2 Å². The first-order valence-electron chi connectivity index (χ1n) is 7.37. The molecule has 1 atom stereocenters. The first-order valence-corrected chi connectivity index (χ1v) is 7.37. The van der Waals surface area contributed by atoms with Crippen LogP contribution in [0, 0.1) is 6.92 Å². The van der Waals surface area contributed by atoms with Crippen LogP contribution >= 0.6 is 0 Å². The second-order valence-electron chi connectivity index (χ2n) is 5.38. The molecule has 110 valence electrons. The minimum absolute atomic E-state index is 0.402. The first kappa shape index (κ1) is 14.8. The Kier molecular flexibility index (Phi) is 4.95. The van der Waals surface area contributed by atoms with Gasteiger partial charge in [-0.1, -0.05) is 6.42 Å². The van der Waals surface area contributed by atoms with Gasteiger partial charge in [0.1, 0.15) is 5.82 Å². The van der Waals surface area contributed by atoms with Crippen LogP contribution in [0.1, 0.15) is 42.1 Å². The lowest BCUT2D eigenvalue weighted by molar-refractivity contribution is 0.1000.